The molecule has 1 amide bonds. The predicted octanol–water partition coefficient (Wildman–Crippen LogP) is 2.56. The van der Waals surface area contributed by atoms with Crippen molar-refractivity contribution in [3.05, 3.63) is 29.3 Å². The average molecular weight is 290 g/mol. The minimum absolute atomic E-state index is 0.0780. The van der Waals surface area contributed by atoms with Gasteiger partial charge in [-0.1, -0.05) is 18.7 Å². The van der Waals surface area contributed by atoms with Gasteiger partial charge in [0, 0.05) is 12.1 Å². The van der Waals surface area contributed by atoms with Crippen molar-refractivity contribution < 1.29 is 4.79 Å². The second kappa shape index (κ2) is 8.23. The topological polar surface area (TPSA) is 77.3 Å². The van der Waals surface area contributed by atoms with Crippen LogP contribution in [0, 0.1) is 18.4 Å². The van der Waals surface area contributed by atoms with E-state index in [-0.39, 0.29) is 5.91 Å². The van der Waals surface area contributed by atoms with Crippen molar-refractivity contribution in [2.75, 3.05) is 12.8 Å². The fourth-order valence-corrected chi connectivity index (χ4v) is 1.88. The smallest absolute Gasteiger partial charge is 0.251 e. The van der Waals surface area contributed by atoms with Crippen molar-refractivity contribution in [3.8, 4) is 6.19 Å². The summed E-state index contributed by atoms with van der Waals surface area (Å²) in [7, 11) is 0. The molecule has 0 aliphatic carbocycles. The van der Waals surface area contributed by atoms with E-state index in [2.05, 4.69) is 15.6 Å². The van der Waals surface area contributed by atoms with Crippen molar-refractivity contribution in [2.24, 2.45) is 4.99 Å². The molecule has 2 N–H and O–H groups in total. The summed E-state index contributed by atoms with van der Waals surface area (Å²) in [6, 6.07) is 5.32. The van der Waals surface area contributed by atoms with Gasteiger partial charge in [-0.05, 0) is 43.4 Å². The van der Waals surface area contributed by atoms with Crippen LogP contribution in [0.15, 0.2) is 23.2 Å². The Morgan fingerprint density at radius 2 is 2.25 bits per heavy atom. The molecule has 0 saturated heterocycles. The molecule has 0 radical (unpaired) electrons. The van der Waals surface area contributed by atoms with Crippen LogP contribution in [0.2, 0.25) is 0 Å². The number of amides is 1. The molecule has 1 aromatic rings. The third-order valence-electron chi connectivity index (χ3n) is 2.57. The number of nitrogens with zero attached hydrogens (tertiary/aromatic N) is 2. The van der Waals surface area contributed by atoms with Crippen LogP contribution >= 0.6 is 11.8 Å². The number of hydrogen-bond acceptors (Lipinski definition) is 4. The summed E-state index contributed by atoms with van der Waals surface area (Å²) in [5.74, 6) is -0.0780. The number of aryl methyl sites for hydroxylation is 1. The first-order chi connectivity index (χ1) is 9.62. The van der Waals surface area contributed by atoms with Crippen molar-refractivity contribution in [1.82, 2.24) is 10.6 Å². The maximum absolute atomic E-state index is 11.8. The summed E-state index contributed by atoms with van der Waals surface area (Å²) in [6.45, 7) is 4.57. The summed E-state index contributed by atoms with van der Waals surface area (Å²) in [5, 5.41) is 14.5. The first-order valence-corrected chi connectivity index (χ1v) is 7.51. The Morgan fingerprint density at radius 1 is 1.50 bits per heavy atom. The molecule has 0 atom stereocenters. The van der Waals surface area contributed by atoms with Gasteiger partial charge in [0.15, 0.2) is 11.4 Å². The molecule has 6 heteroatoms. The number of hydrogen-bond donors (Lipinski definition) is 2. The van der Waals surface area contributed by atoms with Crippen LogP contribution in [0.25, 0.3) is 0 Å². The fourth-order valence-electron chi connectivity index (χ4n) is 1.54. The highest BCUT2D eigenvalue weighted by Gasteiger charge is 2.07. The molecule has 5 nitrogen and oxygen atoms in total. The minimum atomic E-state index is -0.0780. The van der Waals surface area contributed by atoms with E-state index in [4.69, 9.17) is 5.26 Å². The van der Waals surface area contributed by atoms with E-state index in [0.717, 1.165) is 17.7 Å². The summed E-state index contributed by atoms with van der Waals surface area (Å²) in [4.78, 5) is 16.2. The average Bonchev–Trinajstić information content (AvgIpc) is 2.45. The van der Waals surface area contributed by atoms with E-state index >= 15 is 0 Å². The highest BCUT2D eigenvalue weighted by Crippen LogP contribution is 2.21. The van der Waals surface area contributed by atoms with Gasteiger partial charge >= 0.3 is 0 Å². The van der Waals surface area contributed by atoms with Gasteiger partial charge in [-0.3, -0.25) is 10.1 Å². The Kier molecular flexibility index (Phi) is 6.60. The van der Waals surface area contributed by atoms with Crippen molar-refractivity contribution >= 4 is 28.5 Å². The Balaban J connectivity index is 2.93. The second-order valence-electron chi connectivity index (χ2n) is 4.12. The van der Waals surface area contributed by atoms with Crippen LogP contribution in [-0.2, 0) is 0 Å². The number of benzene rings is 1. The van der Waals surface area contributed by atoms with Crippen molar-refractivity contribution in [2.45, 2.75) is 20.3 Å². The van der Waals surface area contributed by atoms with E-state index in [1.807, 2.05) is 26.3 Å². The number of aliphatic imine (C=N–C) groups is 1. The number of nitrogens with one attached hydrogen (secondary N) is 2. The molecule has 0 fully saturated rings. The van der Waals surface area contributed by atoms with Gasteiger partial charge in [0.25, 0.3) is 5.91 Å². The predicted molar refractivity (Wildman–Crippen MR) is 83.2 cm³/mol. The lowest BCUT2D eigenvalue weighted by molar-refractivity contribution is 0.0953. The zero-order chi connectivity index (χ0) is 15.0. The zero-order valence-electron chi connectivity index (χ0n) is 11.9. The van der Waals surface area contributed by atoms with Gasteiger partial charge in [-0.15, -0.1) is 0 Å². The molecule has 0 aliphatic heterocycles. The van der Waals surface area contributed by atoms with Gasteiger partial charge in [0.1, 0.15) is 0 Å². The first-order valence-electron chi connectivity index (χ1n) is 6.29. The lowest BCUT2D eigenvalue weighted by Gasteiger charge is -2.07. The molecule has 0 bridgehead atoms. The fraction of sp³-hybridized carbons (Fsp3) is 0.357. The minimum Gasteiger partial charge on any atom is -0.352 e. The maximum atomic E-state index is 11.8. The summed E-state index contributed by atoms with van der Waals surface area (Å²) in [5.41, 5.74) is 2.25. The van der Waals surface area contributed by atoms with Gasteiger partial charge in [-0.25, -0.2) is 4.99 Å². The van der Waals surface area contributed by atoms with Crippen LogP contribution in [-0.4, -0.2) is 23.9 Å². The van der Waals surface area contributed by atoms with Gasteiger partial charge in [0.2, 0.25) is 0 Å². The molecule has 0 saturated carbocycles. The molecule has 1 aromatic carbocycles. The van der Waals surface area contributed by atoms with E-state index in [0.29, 0.717) is 17.3 Å². The van der Waals surface area contributed by atoms with Crippen LogP contribution in [0.5, 0.6) is 0 Å². The number of carbonyl (C=O) groups is 1. The van der Waals surface area contributed by atoms with E-state index in [1.54, 1.807) is 18.2 Å². The largest absolute Gasteiger partial charge is 0.352 e. The van der Waals surface area contributed by atoms with Crippen molar-refractivity contribution in [1.29, 1.82) is 5.26 Å². The van der Waals surface area contributed by atoms with Gasteiger partial charge in [0.05, 0.1) is 5.69 Å². The molecule has 0 unspecified atom stereocenters. The Labute approximate surface area is 123 Å². The molecule has 0 aromatic heterocycles. The number of thioether (sulfide) groups is 1. The third kappa shape index (κ3) is 4.59. The van der Waals surface area contributed by atoms with Crippen LogP contribution in [0.4, 0.5) is 5.69 Å². The molecule has 0 spiro atoms. The van der Waals surface area contributed by atoms with E-state index in [9.17, 15) is 4.79 Å². The summed E-state index contributed by atoms with van der Waals surface area (Å²) >= 11 is 1.36. The highest BCUT2D eigenvalue weighted by atomic mass is 32.2. The normalized spacial score (nSPS) is 10.8. The number of nitriles is 1. The van der Waals surface area contributed by atoms with Gasteiger partial charge in [-0.2, -0.15) is 5.26 Å². The summed E-state index contributed by atoms with van der Waals surface area (Å²) in [6.07, 6.45) is 4.59. The molecular weight excluding hydrogens is 272 g/mol. The standard InChI is InChI=1S/C14H18N4OS/c1-4-7-16-13(19)11-5-6-12(10(2)8-11)18-14(20-3)17-9-15/h5-6,8H,4,7H2,1-3H3,(H,16,19)(H,17,18). The van der Waals surface area contributed by atoms with E-state index < -0.39 is 0 Å². The van der Waals surface area contributed by atoms with E-state index in [1.165, 1.54) is 11.8 Å². The zero-order valence-corrected chi connectivity index (χ0v) is 12.7. The van der Waals surface area contributed by atoms with Crippen molar-refractivity contribution in [3.63, 3.8) is 0 Å². The number of amidine groups is 1. The van der Waals surface area contributed by atoms with Crippen LogP contribution < -0.4 is 10.6 Å². The Bertz CT molecular complexity index is 549. The lowest BCUT2D eigenvalue weighted by atomic mass is 10.1. The quantitative estimate of drug-likeness (QED) is 0.387. The molecule has 106 valence electrons. The Hall–Kier alpha value is -2.00. The monoisotopic (exact) mass is 290 g/mol. The highest BCUT2D eigenvalue weighted by molar-refractivity contribution is 8.13. The summed E-state index contributed by atoms with van der Waals surface area (Å²) < 4.78 is 0. The third-order valence-corrected chi connectivity index (χ3v) is 3.15. The maximum Gasteiger partial charge on any atom is 0.251 e. The number of rotatable bonds is 4. The molecular formula is C14H18N4OS. The molecule has 0 aliphatic rings. The number of carbonyl (C=O) groups excluding carboxylic acids is 1. The van der Waals surface area contributed by atoms with Crippen LogP contribution in [0.1, 0.15) is 29.3 Å². The van der Waals surface area contributed by atoms with Crippen LogP contribution in [0.3, 0.4) is 0 Å². The SMILES string of the molecule is CCCNC(=O)c1ccc(N=C(NC#N)SC)c(C)c1. The molecule has 1 rings (SSSR count). The second-order valence-corrected chi connectivity index (χ2v) is 4.91. The van der Waals surface area contributed by atoms with Gasteiger partial charge < -0.3 is 5.32 Å². The molecule has 20 heavy (non-hydrogen) atoms. The first kappa shape index (κ1) is 16.1. The molecule has 0 heterocycles. The lowest BCUT2D eigenvalue weighted by Crippen LogP contribution is -2.23. The Morgan fingerprint density at radius 3 is 2.80 bits per heavy atom.